The van der Waals surface area contributed by atoms with Crippen LogP contribution >= 0.6 is 27.5 Å². The molecule has 1 fully saturated rings. The molecule has 1 heterocycles. The van der Waals surface area contributed by atoms with E-state index in [0.717, 1.165) is 41.8 Å². The fraction of sp³-hybridized carbons (Fsp3) is 0.235. The molecule has 0 bridgehead atoms. The topological polar surface area (TPSA) is 32.3 Å². The number of carbonyl (C=O) groups excluding carboxylic acids is 1. The molecule has 0 saturated carbocycles. The summed E-state index contributed by atoms with van der Waals surface area (Å²) in [5, 5.41) is 3.66. The average molecular weight is 380 g/mol. The van der Waals surface area contributed by atoms with Crippen molar-refractivity contribution >= 4 is 44.8 Å². The molecule has 0 aliphatic carbocycles. The summed E-state index contributed by atoms with van der Waals surface area (Å²) in [6.45, 7) is 1.95. The van der Waals surface area contributed by atoms with Crippen molar-refractivity contribution in [2.45, 2.75) is 12.8 Å². The third-order valence-corrected chi connectivity index (χ3v) is 4.77. The molecule has 1 N–H and O–H groups in total. The lowest BCUT2D eigenvalue weighted by Gasteiger charge is -2.23. The Morgan fingerprint density at radius 3 is 2.55 bits per heavy atom. The van der Waals surface area contributed by atoms with Gasteiger partial charge in [0, 0.05) is 17.6 Å². The van der Waals surface area contributed by atoms with E-state index in [0.29, 0.717) is 10.6 Å². The Labute approximate surface area is 143 Å². The first-order chi connectivity index (χ1) is 10.7. The summed E-state index contributed by atoms with van der Waals surface area (Å²) in [5.41, 5.74) is 2.28. The molecule has 1 saturated heterocycles. The van der Waals surface area contributed by atoms with Gasteiger partial charge in [0.15, 0.2) is 0 Å². The number of halogens is 2. The lowest BCUT2D eigenvalue weighted by Crippen LogP contribution is -2.21. The summed E-state index contributed by atoms with van der Waals surface area (Å²) < 4.78 is 0.775. The van der Waals surface area contributed by atoms with Crippen molar-refractivity contribution < 1.29 is 4.79 Å². The number of carbonyl (C=O) groups is 1. The molecular weight excluding hydrogens is 364 g/mol. The number of hydrogen-bond donors (Lipinski definition) is 1. The van der Waals surface area contributed by atoms with E-state index >= 15 is 0 Å². The summed E-state index contributed by atoms with van der Waals surface area (Å²) in [6.07, 6.45) is 2.31. The molecule has 114 valence electrons. The highest BCUT2D eigenvalue weighted by Gasteiger charge is 2.20. The second-order valence-corrected chi connectivity index (χ2v) is 6.53. The van der Waals surface area contributed by atoms with Crippen LogP contribution in [0.1, 0.15) is 23.2 Å². The number of benzene rings is 2. The van der Waals surface area contributed by atoms with E-state index in [1.165, 1.54) is 0 Å². The predicted octanol–water partition coefficient (Wildman–Crippen LogP) is 4.96. The molecule has 0 spiro atoms. The van der Waals surface area contributed by atoms with Gasteiger partial charge < -0.3 is 10.2 Å². The Morgan fingerprint density at radius 2 is 1.82 bits per heavy atom. The molecule has 2 aromatic rings. The molecule has 22 heavy (non-hydrogen) atoms. The molecule has 3 nitrogen and oxygen atoms in total. The number of amides is 1. The van der Waals surface area contributed by atoms with E-state index in [4.69, 9.17) is 11.6 Å². The van der Waals surface area contributed by atoms with Gasteiger partial charge >= 0.3 is 0 Å². The van der Waals surface area contributed by atoms with Crippen LogP contribution in [-0.2, 0) is 0 Å². The van der Waals surface area contributed by atoms with E-state index in [9.17, 15) is 4.79 Å². The Balaban J connectivity index is 1.91. The third kappa shape index (κ3) is 3.13. The van der Waals surface area contributed by atoms with Gasteiger partial charge in [-0.05, 0) is 53.0 Å². The fourth-order valence-corrected chi connectivity index (χ4v) is 3.47. The summed E-state index contributed by atoms with van der Waals surface area (Å²) in [5.74, 6) is -0.143. The van der Waals surface area contributed by atoms with Crippen LogP contribution in [0.15, 0.2) is 46.9 Å². The van der Waals surface area contributed by atoms with Crippen molar-refractivity contribution in [1.29, 1.82) is 0 Å². The van der Waals surface area contributed by atoms with Gasteiger partial charge in [-0.2, -0.15) is 0 Å². The zero-order valence-corrected chi connectivity index (χ0v) is 14.3. The summed E-state index contributed by atoms with van der Waals surface area (Å²) in [6, 6.07) is 13.0. The molecule has 0 unspecified atom stereocenters. The predicted molar refractivity (Wildman–Crippen MR) is 95.0 cm³/mol. The van der Waals surface area contributed by atoms with Crippen molar-refractivity contribution in [2.75, 3.05) is 23.3 Å². The van der Waals surface area contributed by atoms with E-state index < -0.39 is 0 Å². The normalized spacial score (nSPS) is 14.2. The van der Waals surface area contributed by atoms with Crippen LogP contribution in [0.4, 0.5) is 11.4 Å². The maximum atomic E-state index is 12.5. The number of nitrogens with one attached hydrogen (secondary N) is 1. The van der Waals surface area contributed by atoms with Gasteiger partial charge in [-0.15, -0.1) is 0 Å². The Hall–Kier alpha value is -1.52. The standard InChI is InChI=1S/C17H16BrClN2O/c18-13-7-2-1-6-12(13)17(22)20-15-9-5-8-14(19)16(15)21-10-3-4-11-21/h1-2,5-9H,3-4,10-11H2,(H,20,22). The second-order valence-electron chi connectivity index (χ2n) is 5.26. The van der Waals surface area contributed by atoms with Crippen molar-refractivity contribution in [2.24, 2.45) is 0 Å². The highest BCUT2D eigenvalue weighted by molar-refractivity contribution is 9.10. The molecule has 3 rings (SSSR count). The number of hydrogen-bond acceptors (Lipinski definition) is 2. The highest BCUT2D eigenvalue weighted by Crippen LogP contribution is 2.36. The summed E-state index contributed by atoms with van der Waals surface area (Å²) in [7, 11) is 0. The van der Waals surface area contributed by atoms with Gasteiger partial charge in [-0.1, -0.05) is 29.8 Å². The number of nitrogens with zero attached hydrogens (tertiary/aromatic N) is 1. The van der Waals surface area contributed by atoms with Crippen LogP contribution in [0.5, 0.6) is 0 Å². The van der Waals surface area contributed by atoms with Crippen LogP contribution in [-0.4, -0.2) is 19.0 Å². The molecule has 0 aromatic heterocycles. The number of para-hydroxylation sites is 1. The summed E-state index contributed by atoms with van der Waals surface area (Å²) in [4.78, 5) is 14.7. The van der Waals surface area contributed by atoms with Gasteiger partial charge in [-0.25, -0.2) is 0 Å². The Morgan fingerprint density at radius 1 is 1.09 bits per heavy atom. The maximum Gasteiger partial charge on any atom is 0.256 e. The van der Waals surface area contributed by atoms with Crippen LogP contribution in [0.2, 0.25) is 5.02 Å². The molecule has 2 aromatic carbocycles. The highest BCUT2D eigenvalue weighted by atomic mass is 79.9. The minimum atomic E-state index is -0.143. The summed E-state index contributed by atoms with van der Waals surface area (Å²) >= 11 is 9.78. The van der Waals surface area contributed by atoms with E-state index in [1.807, 2.05) is 36.4 Å². The average Bonchev–Trinajstić information content (AvgIpc) is 3.01. The molecule has 5 heteroatoms. The third-order valence-electron chi connectivity index (χ3n) is 3.78. The van der Waals surface area contributed by atoms with Gasteiger partial charge in [0.2, 0.25) is 0 Å². The van der Waals surface area contributed by atoms with Gasteiger partial charge in [0.25, 0.3) is 5.91 Å². The van der Waals surface area contributed by atoms with Crippen LogP contribution in [0, 0.1) is 0 Å². The van der Waals surface area contributed by atoms with E-state index in [2.05, 4.69) is 26.1 Å². The second kappa shape index (κ2) is 6.71. The number of rotatable bonds is 3. The monoisotopic (exact) mass is 378 g/mol. The van der Waals surface area contributed by atoms with Crippen LogP contribution in [0.3, 0.4) is 0 Å². The quantitative estimate of drug-likeness (QED) is 0.818. The van der Waals surface area contributed by atoms with Crippen molar-refractivity contribution in [3.63, 3.8) is 0 Å². The first-order valence-electron chi connectivity index (χ1n) is 7.26. The smallest absolute Gasteiger partial charge is 0.256 e. The van der Waals surface area contributed by atoms with Crippen molar-refractivity contribution in [3.05, 3.63) is 57.5 Å². The first kappa shape index (κ1) is 15.4. The SMILES string of the molecule is O=C(Nc1cccc(Cl)c1N1CCCC1)c1ccccc1Br. The minimum absolute atomic E-state index is 0.143. The van der Waals surface area contributed by atoms with Crippen molar-refractivity contribution in [1.82, 2.24) is 0 Å². The van der Waals surface area contributed by atoms with Gasteiger partial charge in [0.1, 0.15) is 0 Å². The molecular formula is C17H16BrClN2O. The molecule has 1 amide bonds. The fourth-order valence-electron chi connectivity index (χ4n) is 2.71. The van der Waals surface area contributed by atoms with Crippen LogP contribution in [0.25, 0.3) is 0 Å². The lowest BCUT2D eigenvalue weighted by molar-refractivity contribution is 0.102. The zero-order valence-electron chi connectivity index (χ0n) is 12.0. The Kier molecular flexibility index (Phi) is 4.69. The largest absolute Gasteiger partial charge is 0.369 e. The zero-order chi connectivity index (χ0) is 15.5. The van der Waals surface area contributed by atoms with Crippen molar-refractivity contribution in [3.8, 4) is 0 Å². The number of anilines is 2. The molecule has 0 radical (unpaired) electrons. The lowest BCUT2D eigenvalue weighted by atomic mass is 10.2. The minimum Gasteiger partial charge on any atom is -0.369 e. The van der Waals surface area contributed by atoms with Gasteiger partial charge in [0.05, 0.1) is 22.0 Å². The maximum absolute atomic E-state index is 12.5. The van der Waals surface area contributed by atoms with E-state index in [-0.39, 0.29) is 5.91 Å². The molecule has 1 aliphatic heterocycles. The van der Waals surface area contributed by atoms with Gasteiger partial charge in [-0.3, -0.25) is 4.79 Å². The first-order valence-corrected chi connectivity index (χ1v) is 8.43. The molecule has 0 atom stereocenters. The van der Waals surface area contributed by atoms with Crippen LogP contribution < -0.4 is 10.2 Å². The van der Waals surface area contributed by atoms with E-state index in [1.54, 1.807) is 6.07 Å². The molecule has 1 aliphatic rings. The Bertz CT molecular complexity index is 699.